The number of nitrogens with two attached hydrogens (primary N) is 1. The molecule has 3 aromatic rings. The van der Waals surface area contributed by atoms with Crippen molar-refractivity contribution < 1.29 is 4.79 Å². The van der Waals surface area contributed by atoms with Gasteiger partial charge in [0, 0.05) is 0 Å². The number of H-pyrrole nitrogens is 1. The number of carbonyl (C=O) groups excluding carboxylic acids is 1. The van der Waals surface area contributed by atoms with Gasteiger partial charge in [-0.25, -0.2) is 4.98 Å². The summed E-state index contributed by atoms with van der Waals surface area (Å²) in [7, 11) is 0. The molecule has 1 atom stereocenters. The van der Waals surface area contributed by atoms with Gasteiger partial charge >= 0.3 is 0 Å². The normalized spacial score (nSPS) is 12.0. The quantitative estimate of drug-likeness (QED) is 0.710. The smallest absolute Gasteiger partial charge is 0.235 e. The molecule has 0 aliphatic rings. The van der Waals surface area contributed by atoms with Crippen LogP contribution in [0.2, 0.25) is 0 Å². The Balaban J connectivity index is 1.83. The number of amides is 1. The van der Waals surface area contributed by atoms with Gasteiger partial charge in [0.15, 0.2) is 5.16 Å². The van der Waals surface area contributed by atoms with Crippen molar-refractivity contribution >= 4 is 17.7 Å². The molecule has 5 heteroatoms. The lowest BCUT2D eigenvalue weighted by atomic mass is 10.1. The number of benzene rings is 2. The van der Waals surface area contributed by atoms with E-state index in [1.54, 1.807) is 6.20 Å². The molecule has 1 heterocycles. The summed E-state index contributed by atoms with van der Waals surface area (Å²) < 4.78 is 0. The van der Waals surface area contributed by atoms with Crippen molar-refractivity contribution in [3.8, 4) is 11.3 Å². The molecule has 110 valence electrons. The van der Waals surface area contributed by atoms with Crippen molar-refractivity contribution in [2.24, 2.45) is 5.73 Å². The van der Waals surface area contributed by atoms with Crippen LogP contribution in [0, 0.1) is 0 Å². The minimum absolute atomic E-state index is 0.381. The van der Waals surface area contributed by atoms with E-state index in [9.17, 15) is 4.79 Å². The van der Waals surface area contributed by atoms with Crippen molar-refractivity contribution in [1.29, 1.82) is 0 Å². The van der Waals surface area contributed by atoms with Crippen LogP contribution in [0.4, 0.5) is 0 Å². The summed E-state index contributed by atoms with van der Waals surface area (Å²) in [5.74, 6) is -0.381. The Morgan fingerprint density at radius 2 is 1.68 bits per heavy atom. The van der Waals surface area contributed by atoms with Gasteiger partial charge in [-0.1, -0.05) is 72.4 Å². The molecule has 0 aliphatic carbocycles. The monoisotopic (exact) mass is 309 g/mol. The maximum absolute atomic E-state index is 11.7. The zero-order valence-electron chi connectivity index (χ0n) is 11.8. The number of aromatic amines is 1. The van der Waals surface area contributed by atoms with Gasteiger partial charge in [-0.3, -0.25) is 4.79 Å². The molecule has 0 fully saturated rings. The Kier molecular flexibility index (Phi) is 4.25. The topological polar surface area (TPSA) is 71.8 Å². The fourth-order valence-corrected chi connectivity index (χ4v) is 3.07. The number of imidazole rings is 1. The van der Waals surface area contributed by atoms with Gasteiger partial charge in [0.05, 0.1) is 11.9 Å². The largest absolute Gasteiger partial charge is 0.368 e. The van der Waals surface area contributed by atoms with Crippen LogP contribution in [0.3, 0.4) is 0 Å². The maximum atomic E-state index is 11.7. The van der Waals surface area contributed by atoms with Gasteiger partial charge in [-0.2, -0.15) is 0 Å². The predicted octanol–water partition coefficient (Wildman–Crippen LogP) is 3.40. The van der Waals surface area contributed by atoms with Crippen molar-refractivity contribution in [3.63, 3.8) is 0 Å². The molecule has 2 aromatic carbocycles. The average molecular weight is 309 g/mol. The zero-order valence-corrected chi connectivity index (χ0v) is 12.6. The van der Waals surface area contributed by atoms with Gasteiger partial charge in [0.2, 0.25) is 5.91 Å². The van der Waals surface area contributed by atoms with E-state index < -0.39 is 5.25 Å². The molecule has 3 N–H and O–H groups in total. The number of hydrogen-bond acceptors (Lipinski definition) is 3. The molecule has 22 heavy (non-hydrogen) atoms. The minimum atomic E-state index is -0.462. The van der Waals surface area contributed by atoms with E-state index in [1.807, 2.05) is 60.7 Å². The maximum Gasteiger partial charge on any atom is 0.235 e. The molecular weight excluding hydrogens is 294 g/mol. The summed E-state index contributed by atoms with van der Waals surface area (Å²) >= 11 is 1.32. The first kappa shape index (κ1) is 14.4. The van der Waals surface area contributed by atoms with Crippen molar-refractivity contribution in [1.82, 2.24) is 9.97 Å². The van der Waals surface area contributed by atoms with E-state index in [1.165, 1.54) is 11.8 Å². The van der Waals surface area contributed by atoms with Crippen molar-refractivity contribution in [2.75, 3.05) is 0 Å². The number of nitrogens with one attached hydrogen (secondary N) is 1. The SMILES string of the molecule is NC(=O)C(Sc1ncc(-c2ccccc2)[nH]1)c1ccccc1. The van der Waals surface area contributed by atoms with Gasteiger partial charge in [-0.15, -0.1) is 0 Å². The van der Waals surface area contributed by atoms with Crippen LogP contribution in [0.25, 0.3) is 11.3 Å². The first-order valence-corrected chi connectivity index (χ1v) is 7.73. The highest BCUT2D eigenvalue weighted by Gasteiger charge is 2.20. The van der Waals surface area contributed by atoms with Crippen LogP contribution >= 0.6 is 11.8 Å². The van der Waals surface area contributed by atoms with Crippen LogP contribution in [0.5, 0.6) is 0 Å². The Hall–Kier alpha value is -2.53. The third kappa shape index (κ3) is 3.20. The highest BCUT2D eigenvalue weighted by atomic mass is 32.2. The number of nitrogens with zero attached hydrogens (tertiary/aromatic N) is 1. The fourth-order valence-electron chi connectivity index (χ4n) is 2.16. The number of aromatic nitrogens is 2. The summed E-state index contributed by atoms with van der Waals surface area (Å²) in [5.41, 5.74) is 8.37. The molecule has 0 radical (unpaired) electrons. The van der Waals surface area contributed by atoms with Gasteiger partial charge in [0.1, 0.15) is 5.25 Å². The lowest BCUT2D eigenvalue weighted by Crippen LogP contribution is -2.19. The standard InChI is InChI=1S/C17H15N3OS/c18-16(21)15(13-9-5-2-6-10-13)22-17-19-11-14(20-17)12-7-3-1-4-8-12/h1-11,15H,(H2,18,21)(H,19,20). The summed E-state index contributed by atoms with van der Waals surface area (Å²) in [4.78, 5) is 19.3. The summed E-state index contributed by atoms with van der Waals surface area (Å²) in [5, 5.41) is 0.211. The van der Waals surface area contributed by atoms with Crippen molar-refractivity contribution in [2.45, 2.75) is 10.4 Å². The highest BCUT2D eigenvalue weighted by molar-refractivity contribution is 8.00. The second kappa shape index (κ2) is 6.49. The Morgan fingerprint density at radius 3 is 2.32 bits per heavy atom. The summed E-state index contributed by atoms with van der Waals surface area (Å²) in [6, 6.07) is 19.4. The number of carbonyl (C=O) groups is 1. The molecular formula is C17H15N3OS. The second-order valence-electron chi connectivity index (χ2n) is 4.78. The number of hydrogen-bond donors (Lipinski definition) is 2. The molecule has 1 amide bonds. The number of rotatable bonds is 5. The molecule has 1 aromatic heterocycles. The molecule has 0 saturated heterocycles. The minimum Gasteiger partial charge on any atom is -0.368 e. The van der Waals surface area contributed by atoms with E-state index in [-0.39, 0.29) is 5.91 Å². The first-order chi connectivity index (χ1) is 10.7. The highest BCUT2D eigenvalue weighted by Crippen LogP contribution is 2.34. The van der Waals surface area contributed by atoms with E-state index in [0.717, 1.165) is 16.8 Å². The number of primary amides is 1. The van der Waals surface area contributed by atoms with E-state index >= 15 is 0 Å². The molecule has 0 aliphatic heterocycles. The van der Waals surface area contributed by atoms with Gasteiger partial charge in [0.25, 0.3) is 0 Å². The lowest BCUT2D eigenvalue weighted by molar-refractivity contribution is -0.117. The van der Waals surface area contributed by atoms with Gasteiger partial charge in [-0.05, 0) is 11.1 Å². The third-order valence-corrected chi connectivity index (χ3v) is 4.40. The van der Waals surface area contributed by atoms with Crippen LogP contribution in [-0.4, -0.2) is 15.9 Å². The zero-order chi connectivity index (χ0) is 15.4. The predicted molar refractivity (Wildman–Crippen MR) is 88.3 cm³/mol. The van der Waals surface area contributed by atoms with Gasteiger partial charge < -0.3 is 10.7 Å². The van der Waals surface area contributed by atoms with Crippen LogP contribution in [0.15, 0.2) is 72.0 Å². The fraction of sp³-hybridized carbons (Fsp3) is 0.0588. The number of thioether (sulfide) groups is 1. The molecule has 0 spiro atoms. The van der Waals surface area contributed by atoms with E-state index in [0.29, 0.717) is 5.16 Å². The van der Waals surface area contributed by atoms with Crippen LogP contribution in [0.1, 0.15) is 10.8 Å². The molecule has 4 nitrogen and oxygen atoms in total. The molecule has 1 unspecified atom stereocenters. The van der Waals surface area contributed by atoms with Crippen LogP contribution in [-0.2, 0) is 4.79 Å². The summed E-state index contributed by atoms with van der Waals surface area (Å²) in [6.07, 6.45) is 1.76. The first-order valence-electron chi connectivity index (χ1n) is 6.85. The van der Waals surface area contributed by atoms with Crippen molar-refractivity contribution in [3.05, 3.63) is 72.4 Å². The molecule has 3 rings (SSSR count). The average Bonchev–Trinajstić information content (AvgIpc) is 3.03. The molecule has 0 bridgehead atoms. The lowest BCUT2D eigenvalue weighted by Gasteiger charge is -2.11. The summed E-state index contributed by atoms with van der Waals surface area (Å²) in [6.45, 7) is 0. The Morgan fingerprint density at radius 1 is 1.05 bits per heavy atom. The Labute approximate surface area is 132 Å². The molecule has 0 saturated carbocycles. The second-order valence-corrected chi connectivity index (χ2v) is 5.87. The van der Waals surface area contributed by atoms with E-state index in [2.05, 4.69) is 9.97 Å². The van der Waals surface area contributed by atoms with Crippen LogP contribution < -0.4 is 5.73 Å². The Bertz CT molecular complexity index is 756. The van der Waals surface area contributed by atoms with E-state index in [4.69, 9.17) is 5.73 Å². The third-order valence-electron chi connectivity index (χ3n) is 3.23.